The number of hydrogen-bond acceptors (Lipinski definition) is 4. The van der Waals surface area contributed by atoms with E-state index >= 15 is 0 Å². The number of benzene rings is 2. The highest BCUT2D eigenvalue weighted by Crippen LogP contribution is 2.34. The van der Waals surface area contributed by atoms with Gasteiger partial charge in [0, 0.05) is 11.8 Å². The van der Waals surface area contributed by atoms with Gasteiger partial charge in [-0.15, -0.1) is 0 Å². The summed E-state index contributed by atoms with van der Waals surface area (Å²) < 4.78 is 45.0. The van der Waals surface area contributed by atoms with Crippen LogP contribution in [0.5, 0.6) is 11.6 Å². The fourth-order valence-electron chi connectivity index (χ4n) is 2.14. The molecule has 0 N–H and O–H groups in total. The van der Waals surface area contributed by atoms with Gasteiger partial charge < -0.3 is 4.74 Å². The molecule has 0 aliphatic heterocycles. The zero-order chi connectivity index (χ0) is 19.4. The van der Waals surface area contributed by atoms with E-state index in [0.29, 0.717) is 5.75 Å². The van der Waals surface area contributed by atoms with Crippen LogP contribution in [-0.4, -0.2) is 9.97 Å². The molecule has 8 heteroatoms. The van der Waals surface area contributed by atoms with Crippen LogP contribution in [0.4, 0.5) is 13.2 Å². The SMILES string of the molecule is Cc1ccc(CSc2nc(Oc3ccccc3Cl)cc(C(F)(F)F)n2)cc1. The van der Waals surface area contributed by atoms with Crippen molar-refractivity contribution in [1.82, 2.24) is 9.97 Å². The first kappa shape index (κ1) is 19.5. The molecule has 0 spiro atoms. The molecule has 0 radical (unpaired) electrons. The average Bonchev–Trinajstić information content (AvgIpc) is 2.62. The van der Waals surface area contributed by atoms with E-state index in [4.69, 9.17) is 16.3 Å². The van der Waals surface area contributed by atoms with Crippen LogP contribution in [0.2, 0.25) is 5.02 Å². The molecule has 2 aromatic carbocycles. The molecule has 3 nitrogen and oxygen atoms in total. The minimum absolute atomic E-state index is 0.0209. The van der Waals surface area contributed by atoms with Gasteiger partial charge >= 0.3 is 6.18 Å². The van der Waals surface area contributed by atoms with Gasteiger partial charge in [0.1, 0.15) is 5.75 Å². The van der Waals surface area contributed by atoms with Crippen LogP contribution in [-0.2, 0) is 11.9 Å². The van der Waals surface area contributed by atoms with E-state index in [-0.39, 0.29) is 21.8 Å². The summed E-state index contributed by atoms with van der Waals surface area (Å²) in [5.41, 5.74) is 1.00. The van der Waals surface area contributed by atoms with Crippen LogP contribution in [0.25, 0.3) is 0 Å². The van der Waals surface area contributed by atoms with E-state index in [2.05, 4.69) is 9.97 Å². The second kappa shape index (κ2) is 8.19. The molecule has 0 atom stereocenters. The van der Waals surface area contributed by atoms with E-state index in [1.165, 1.54) is 0 Å². The van der Waals surface area contributed by atoms with Gasteiger partial charge in [-0.2, -0.15) is 18.2 Å². The molecule has 0 amide bonds. The van der Waals surface area contributed by atoms with Gasteiger partial charge in [-0.25, -0.2) is 4.98 Å². The first-order valence-electron chi connectivity index (χ1n) is 7.88. The van der Waals surface area contributed by atoms with Gasteiger partial charge in [0.2, 0.25) is 5.88 Å². The molecule has 140 valence electrons. The Labute approximate surface area is 163 Å². The summed E-state index contributed by atoms with van der Waals surface area (Å²) in [4.78, 5) is 7.70. The summed E-state index contributed by atoms with van der Waals surface area (Å²) in [6.07, 6.45) is -4.61. The zero-order valence-corrected chi connectivity index (χ0v) is 15.7. The maximum atomic E-state index is 13.2. The summed E-state index contributed by atoms with van der Waals surface area (Å²) in [5, 5.41) is 0.256. The smallest absolute Gasteiger partial charge is 0.433 e. The van der Waals surface area contributed by atoms with Crippen molar-refractivity contribution in [1.29, 1.82) is 0 Å². The fraction of sp³-hybridized carbons (Fsp3) is 0.158. The van der Waals surface area contributed by atoms with Gasteiger partial charge in [0.05, 0.1) is 5.02 Å². The van der Waals surface area contributed by atoms with E-state index in [9.17, 15) is 13.2 Å². The Kier molecular flexibility index (Phi) is 5.92. The standard InChI is InChI=1S/C19H14ClF3N2OS/c1-12-6-8-13(9-7-12)11-27-18-24-16(19(21,22)23)10-17(25-18)26-15-5-3-2-4-14(15)20/h2-10H,11H2,1H3. The van der Waals surface area contributed by atoms with Crippen LogP contribution < -0.4 is 4.74 Å². The Balaban J connectivity index is 1.86. The van der Waals surface area contributed by atoms with Crippen LogP contribution in [0.15, 0.2) is 59.8 Å². The molecular weight excluding hydrogens is 397 g/mol. The number of rotatable bonds is 5. The number of para-hydroxylation sites is 1. The second-order valence-corrected chi connectivity index (χ2v) is 7.03. The summed E-state index contributed by atoms with van der Waals surface area (Å²) in [6, 6.07) is 15.0. The predicted molar refractivity (Wildman–Crippen MR) is 99.3 cm³/mol. The highest BCUT2D eigenvalue weighted by molar-refractivity contribution is 7.98. The molecule has 0 saturated carbocycles. The zero-order valence-electron chi connectivity index (χ0n) is 14.1. The first-order valence-corrected chi connectivity index (χ1v) is 9.24. The lowest BCUT2D eigenvalue weighted by Crippen LogP contribution is -2.10. The molecule has 0 saturated heterocycles. The highest BCUT2D eigenvalue weighted by Gasteiger charge is 2.34. The van der Waals surface area contributed by atoms with Gasteiger partial charge in [0.25, 0.3) is 0 Å². The molecule has 3 rings (SSSR count). The van der Waals surface area contributed by atoms with Crippen LogP contribution in [0.3, 0.4) is 0 Å². The number of nitrogens with zero attached hydrogens (tertiary/aromatic N) is 2. The van der Waals surface area contributed by atoms with Crippen molar-refractivity contribution in [2.45, 2.75) is 24.0 Å². The summed E-state index contributed by atoms with van der Waals surface area (Å²) in [7, 11) is 0. The highest BCUT2D eigenvalue weighted by atomic mass is 35.5. The quantitative estimate of drug-likeness (QED) is 0.353. The van der Waals surface area contributed by atoms with Crippen molar-refractivity contribution < 1.29 is 17.9 Å². The van der Waals surface area contributed by atoms with Crippen molar-refractivity contribution in [3.63, 3.8) is 0 Å². The molecule has 0 aliphatic carbocycles. The number of hydrogen-bond donors (Lipinski definition) is 0. The maximum Gasteiger partial charge on any atom is 0.433 e. The van der Waals surface area contributed by atoms with Crippen molar-refractivity contribution in [2.75, 3.05) is 0 Å². The third kappa shape index (κ3) is 5.37. The molecule has 27 heavy (non-hydrogen) atoms. The monoisotopic (exact) mass is 410 g/mol. The van der Waals surface area contributed by atoms with Crippen molar-refractivity contribution >= 4 is 23.4 Å². The molecule has 0 unspecified atom stereocenters. The van der Waals surface area contributed by atoms with Crippen LogP contribution in [0, 0.1) is 6.92 Å². The Bertz CT molecular complexity index is 933. The van der Waals surface area contributed by atoms with E-state index in [1.54, 1.807) is 24.3 Å². The lowest BCUT2D eigenvalue weighted by molar-refractivity contribution is -0.141. The first-order chi connectivity index (χ1) is 12.8. The average molecular weight is 411 g/mol. The van der Waals surface area contributed by atoms with Crippen LogP contribution in [0.1, 0.15) is 16.8 Å². The molecular formula is C19H14ClF3N2OS. The number of ether oxygens (including phenoxy) is 1. The Morgan fingerprint density at radius 2 is 1.74 bits per heavy atom. The van der Waals surface area contributed by atoms with E-state index in [0.717, 1.165) is 29.0 Å². The Morgan fingerprint density at radius 1 is 1.04 bits per heavy atom. The van der Waals surface area contributed by atoms with Crippen molar-refractivity contribution in [2.24, 2.45) is 0 Å². The van der Waals surface area contributed by atoms with Crippen molar-refractivity contribution in [3.05, 3.63) is 76.4 Å². The molecule has 1 heterocycles. The second-order valence-electron chi connectivity index (χ2n) is 5.68. The van der Waals surface area contributed by atoms with Gasteiger partial charge in [-0.1, -0.05) is 65.3 Å². The normalized spacial score (nSPS) is 11.4. The number of aryl methyl sites for hydroxylation is 1. The van der Waals surface area contributed by atoms with Gasteiger partial charge in [0.15, 0.2) is 10.9 Å². The van der Waals surface area contributed by atoms with Gasteiger partial charge in [-0.3, -0.25) is 0 Å². The molecule has 0 aliphatic rings. The maximum absolute atomic E-state index is 13.2. The summed E-state index contributed by atoms with van der Waals surface area (Å²) in [6.45, 7) is 1.96. The number of alkyl halides is 3. The largest absolute Gasteiger partial charge is 0.437 e. The van der Waals surface area contributed by atoms with E-state index in [1.807, 2.05) is 31.2 Å². The topological polar surface area (TPSA) is 35.0 Å². The third-order valence-electron chi connectivity index (χ3n) is 3.51. The third-order valence-corrected chi connectivity index (χ3v) is 4.74. The van der Waals surface area contributed by atoms with Crippen LogP contribution >= 0.6 is 23.4 Å². The lowest BCUT2D eigenvalue weighted by Gasteiger charge is -2.11. The number of aromatic nitrogens is 2. The molecule has 0 bridgehead atoms. The molecule has 3 aromatic rings. The summed E-state index contributed by atoms with van der Waals surface area (Å²) in [5.74, 6) is 0.449. The fourth-order valence-corrected chi connectivity index (χ4v) is 3.12. The number of halogens is 4. The Morgan fingerprint density at radius 3 is 2.41 bits per heavy atom. The summed E-state index contributed by atoms with van der Waals surface area (Å²) >= 11 is 7.11. The number of thioether (sulfide) groups is 1. The Hall–Kier alpha value is -2.25. The lowest BCUT2D eigenvalue weighted by atomic mass is 10.2. The molecule has 0 fully saturated rings. The van der Waals surface area contributed by atoms with E-state index < -0.39 is 11.9 Å². The van der Waals surface area contributed by atoms with Gasteiger partial charge in [-0.05, 0) is 24.6 Å². The minimum atomic E-state index is -4.61. The molecule has 1 aromatic heterocycles. The minimum Gasteiger partial charge on any atom is -0.437 e. The van der Waals surface area contributed by atoms with Crippen molar-refractivity contribution in [3.8, 4) is 11.6 Å². The predicted octanol–water partition coefficient (Wildman–Crippen LogP) is 6.54.